The molecular formula is C18H26O3. The van der Waals surface area contributed by atoms with Crippen molar-refractivity contribution in [3.8, 4) is 5.75 Å². The maximum atomic E-state index is 11.0. The first kappa shape index (κ1) is 15.9. The Hall–Kier alpha value is -1.51. The van der Waals surface area contributed by atoms with E-state index in [0.29, 0.717) is 18.4 Å². The van der Waals surface area contributed by atoms with Crippen LogP contribution in [0.3, 0.4) is 0 Å². The number of hydrogen-bond acceptors (Lipinski definition) is 2. The minimum Gasteiger partial charge on any atom is -0.494 e. The Balaban J connectivity index is 2.16. The SMILES string of the molecule is CCOc1cc(C)c(C(CC)CC2CC2C(=O)O)c(C)c1. The molecule has 0 amide bonds. The molecule has 1 aliphatic rings. The second-order valence-electron chi connectivity index (χ2n) is 6.19. The predicted octanol–water partition coefficient (Wildman–Crippen LogP) is 4.31. The number of carboxylic acid groups (broad SMARTS) is 1. The zero-order valence-electron chi connectivity index (χ0n) is 13.5. The van der Waals surface area contributed by atoms with E-state index >= 15 is 0 Å². The highest BCUT2D eigenvalue weighted by Crippen LogP contribution is 2.47. The summed E-state index contributed by atoms with van der Waals surface area (Å²) in [5.74, 6) is 1.01. The number of carboxylic acids is 1. The van der Waals surface area contributed by atoms with Gasteiger partial charge in [-0.1, -0.05) is 6.92 Å². The Labute approximate surface area is 127 Å². The minimum absolute atomic E-state index is 0.109. The predicted molar refractivity (Wildman–Crippen MR) is 84.0 cm³/mol. The summed E-state index contributed by atoms with van der Waals surface area (Å²) in [6.45, 7) is 9.13. The fraction of sp³-hybridized carbons (Fsp3) is 0.611. The van der Waals surface area contributed by atoms with Crippen molar-refractivity contribution in [1.82, 2.24) is 0 Å². The van der Waals surface area contributed by atoms with Crippen LogP contribution in [0.2, 0.25) is 0 Å². The first-order chi connectivity index (χ1) is 9.97. The second-order valence-corrected chi connectivity index (χ2v) is 6.19. The van der Waals surface area contributed by atoms with Crippen LogP contribution in [0.15, 0.2) is 12.1 Å². The number of rotatable bonds is 7. The van der Waals surface area contributed by atoms with E-state index in [9.17, 15) is 4.79 Å². The minimum atomic E-state index is -0.630. The van der Waals surface area contributed by atoms with Crippen LogP contribution in [0.1, 0.15) is 55.7 Å². The van der Waals surface area contributed by atoms with Crippen molar-refractivity contribution in [2.24, 2.45) is 11.8 Å². The average molecular weight is 290 g/mol. The summed E-state index contributed by atoms with van der Waals surface area (Å²) >= 11 is 0. The van der Waals surface area contributed by atoms with Crippen molar-refractivity contribution in [3.05, 3.63) is 28.8 Å². The van der Waals surface area contributed by atoms with Crippen molar-refractivity contribution >= 4 is 5.97 Å². The fourth-order valence-electron chi connectivity index (χ4n) is 3.49. The Bertz CT molecular complexity index is 498. The number of aliphatic carboxylic acids is 1. The van der Waals surface area contributed by atoms with Crippen molar-refractivity contribution in [2.75, 3.05) is 6.61 Å². The van der Waals surface area contributed by atoms with Gasteiger partial charge in [0.05, 0.1) is 12.5 Å². The summed E-state index contributed by atoms with van der Waals surface area (Å²) in [5.41, 5.74) is 3.91. The third-order valence-corrected chi connectivity index (χ3v) is 4.61. The molecule has 2 rings (SSSR count). The van der Waals surface area contributed by atoms with E-state index in [1.165, 1.54) is 16.7 Å². The van der Waals surface area contributed by atoms with Crippen molar-refractivity contribution in [2.45, 2.75) is 52.9 Å². The molecule has 1 aliphatic carbocycles. The Morgan fingerprint density at radius 1 is 1.33 bits per heavy atom. The third-order valence-electron chi connectivity index (χ3n) is 4.61. The number of hydrogen-bond donors (Lipinski definition) is 1. The van der Waals surface area contributed by atoms with E-state index in [0.717, 1.165) is 25.0 Å². The molecule has 0 radical (unpaired) electrons. The van der Waals surface area contributed by atoms with E-state index in [1.54, 1.807) is 0 Å². The van der Waals surface area contributed by atoms with Gasteiger partial charge in [0, 0.05) is 0 Å². The zero-order valence-corrected chi connectivity index (χ0v) is 13.5. The lowest BCUT2D eigenvalue weighted by Gasteiger charge is -2.21. The lowest BCUT2D eigenvalue weighted by molar-refractivity contribution is -0.138. The van der Waals surface area contributed by atoms with Gasteiger partial charge in [-0.15, -0.1) is 0 Å². The van der Waals surface area contributed by atoms with Crippen LogP contribution in [0.25, 0.3) is 0 Å². The van der Waals surface area contributed by atoms with Crippen LogP contribution >= 0.6 is 0 Å². The summed E-state index contributed by atoms with van der Waals surface area (Å²) in [7, 11) is 0. The van der Waals surface area contributed by atoms with Gasteiger partial charge < -0.3 is 9.84 Å². The molecule has 21 heavy (non-hydrogen) atoms. The summed E-state index contributed by atoms with van der Waals surface area (Å²) in [6.07, 6.45) is 2.89. The molecule has 0 bridgehead atoms. The van der Waals surface area contributed by atoms with Crippen LogP contribution in [0.5, 0.6) is 5.75 Å². The Morgan fingerprint density at radius 3 is 2.38 bits per heavy atom. The van der Waals surface area contributed by atoms with Gasteiger partial charge in [-0.2, -0.15) is 0 Å². The molecule has 0 heterocycles. The maximum Gasteiger partial charge on any atom is 0.306 e. The fourth-order valence-corrected chi connectivity index (χ4v) is 3.49. The lowest BCUT2D eigenvalue weighted by atomic mass is 9.85. The van der Waals surface area contributed by atoms with Gasteiger partial charge in [0.25, 0.3) is 0 Å². The molecule has 1 aromatic rings. The molecule has 0 saturated heterocycles. The largest absolute Gasteiger partial charge is 0.494 e. The Morgan fingerprint density at radius 2 is 1.95 bits per heavy atom. The second kappa shape index (κ2) is 6.50. The molecule has 3 heteroatoms. The normalized spacial score (nSPS) is 21.9. The first-order valence-corrected chi connectivity index (χ1v) is 7.94. The number of ether oxygens (including phenoxy) is 1. The summed E-state index contributed by atoms with van der Waals surface area (Å²) < 4.78 is 5.60. The van der Waals surface area contributed by atoms with Crippen LogP contribution < -0.4 is 4.74 Å². The van der Waals surface area contributed by atoms with Gasteiger partial charge in [-0.05, 0) is 80.7 Å². The Kier molecular flexibility index (Phi) is 4.92. The van der Waals surface area contributed by atoms with Crippen molar-refractivity contribution in [1.29, 1.82) is 0 Å². The molecule has 0 aromatic heterocycles. The quantitative estimate of drug-likeness (QED) is 0.814. The van der Waals surface area contributed by atoms with Crippen LogP contribution in [-0.4, -0.2) is 17.7 Å². The summed E-state index contributed by atoms with van der Waals surface area (Å²) in [4.78, 5) is 11.0. The highest BCUT2D eigenvalue weighted by atomic mass is 16.5. The van der Waals surface area contributed by atoms with Crippen LogP contribution in [-0.2, 0) is 4.79 Å². The third kappa shape index (κ3) is 3.58. The van der Waals surface area contributed by atoms with Gasteiger partial charge in [-0.25, -0.2) is 0 Å². The van der Waals surface area contributed by atoms with E-state index < -0.39 is 5.97 Å². The van der Waals surface area contributed by atoms with Crippen LogP contribution in [0.4, 0.5) is 0 Å². The molecule has 0 spiro atoms. The molecule has 1 fully saturated rings. The van der Waals surface area contributed by atoms with E-state index in [1.807, 2.05) is 6.92 Å². The molecule has 0 aliphatic heterocycles. The van der Waals surface area contributed by atoms with Crippen molar-refractivity contribution < 1.29 is 14.6 Å². The van der Waals surface area contributed by atoms with Gasteiger partial charge >= 0.3 is 5.97 Å². The zero-order chi connectivity index (χ0) is 15.6. The highest BCUT2D eigenvalue weighted by molar-refractivity contribution is 5.73. The number of benzene rings is 1. The van der Waals surface area contributed by atoms with E-state index in [2.05, 4.69) is 32.9 Å². The molecule has 3 unspecified atom stereocenters. The smallest absolute Gasteiger partial charge is 0.306 e. The molecule has 3 nitrogen and oxygen atoms in total. The molecular weight excluding hydrogens is 264 g/mol. The monoisotopic (exact) mass is 290 g/mol. The topological polar surface area (TPSA) is 46.5 Å². The molecule has 1 aromatic carbocycles. The number of carbonyl (C=O) groups is 1. The van der Waals surface area contributed by atoms with E-state index in [4.69, 9.17) is 9.84 Å². The summed E-state index contributed by atoms with van der Waals surface area (Å²) in [5, 5.41) is 9.07. The van der Waals surface area contributed by atoms with Gasteiger partial charge in [0.1, 0.15) is 5.75 Å². The molecule has 1 saturated carbocycles. The van der Waals surface area contributed by atoms with E-state index in [-0.39, 0.29) is 5.92 Å². The average Bonchev–Trinajstić information content (AvgIpc) is 3.16. The lowest BCUT2D eigenvalue weighted by Crippen LogP contribution is -2.07. The highest BCUT2D eigenvalue weighted by Gasteiger charge is 2.44. The van der Waals surface area contributed by atoms with Gasteiger partial charge in [0.15, 0.2) is 0 Å². The first-order valence-electron chi connectivity index (χ1n) is 7.94. The molecule has 3 atom stereocenters. The molecule has 1 N–H and O–H groups in total. The van der Waals surface area contributed by atoms with Gasteiger partial charge in [0.2, 0.25) is 0 Å². The molecule has 116 valence electrons. The maximum absolute atomic E-state index is 11.0. The summed E-state index contributed by atoms with van der Waals surface area (Å²) in [6, 6.07) is 4.21. The van der Waals surface area contributed by atoms with Crippen LogP contribution in [0, 0.1) is 25.7 Å². The standard InChI is InChI=1S/C18H26O3/c1-5-13(9-14-10-16(14)18(19)20)17-11(3)7-15(21-6-2)8-12(17)4/h7-8,13-14,16H,5-6,9-10H2,1-4H3,(H,19,20). The van der Waals surface area contributed by atoms with Crippen molar-refractivity contribution in [3.63, 3.8) is 0 Å². The number of aryl methyl sites for hydroxylation is 2. The van der Waals surface area contributed by atoms with Gasteiger partial charge in [-0.3, -0.25) is 4.79 Å².